The average molecular weight is 242 g/mol. The SMILES string of the molecule is CC(=O)O[C@H]1C=C[C@@](O)(OC2CCCCO2)C1. The van der Waals surface area contributed by atoms with E-state index in [0.717, 1.165) is 19.3 Å². The predicted molar refractivity (Wildman–Crippen MR) is 58.9 cm³/mol. The second kappa shape index (κ2) is 5.16. The van der Waals surface area contributed by atoms with Crippen LogP contribution in [0.5, 0.6) is 0 Å². The van der Waals surface area contributed by atoms with Crippen LogP contribution in [0.1, 0.15) is 32.6 Å². The van der Waals surface area contributed by atoms with Gasteiger partial charge in [-0.15, -0.1) is 0 Å². The quantitative estimate of drug-likeness (QED) is 0.456. The molecular weight excluding hydrogens is 224 g/mol. The molecule has 1 saturated heterocycles. The van der Waals surface area contributed by atoms with Crippen LogP contribution in [0.15, 0.2) is 12.2 Å². The Labute approximate surface area is 100 Å². The number of ether oxygens (including phenoxy) is 3. The van der Waals surface area contributed by atoms with Gasteiger partial charge >= 0.3 is 5.97 Å². The maximum atomic E-state index is 10.8. The Morgan fingerprint density at radius 2 is 2.35 bits per heavy atom. The van der Waals surface area contributed by atoms with Crippen LogP contribution >= 0.6 is 0 Å². The summed E-state index contributed by atoms with van der Waals surface area (Å²) < 4.78 is 15.9. The highest BCUT2D eigenvalue weighted by atomic mass is 16.7. The number of esters is 1. The molecule has 1 fully saturated rings. The van der Waals surface area contributed by atoms with Gasteiger partial charge in [0.15, 0.2) is 12.1 Å². The third-order valence-electron chi connectivity index (χ3n) is 2.86. The Morgan fingerprint density at radius 3 is 3.00 bits per heavy atom. The second-order valence-electron chi connectivity index (χ2n) is 4.47. The summed E-state index contributed by atoms with van der Waals surface area (Å²) in [7, 11) is 0. The molecule has 1 heterocycles. The molecule has 5 heteroatoms. The first-order valence-corrected chi connectivity index (χ1v) is 5.96. The summed E-state index contributed by atoms with van der Waals surface area (Å²) >= 11 is 0. The standard InChI is InChI=1S/C12H18O5/c1-9(13)16-10-5-6-12(14,8-10)17-11-4-2-3-7-15-11/h5-6,10-11,14H,2-4,7-8H2,1H3/t10-,11?,12+/m0/s1. The van der Waals surface area contributed by atoms with Crippen molar-refractivity contribution in [3.05, 3.63) is 12.2 Å². The van der Waals surface area contributed by atoms with Crippen molar-refractivity contribution in [2.24, 2.45) is 0 Å². The molecule has 96 valence electrons. The molecular formula is C12H18O5. The highest BCUT2D eigenvalue weighted by Crippen LogP contribution is 2.29. The molecule has 3 atom stereocenters. The molecule has 1 aliphatic carbocycles. The van der Waals surface area contributed by atoms with Crippen LogP contribution in [0.25, 0.3) is 0 Å². The summed E-state index contributed by atoms with van der Waals surface area (Å²) in [5.41, 5.74) is 0. The molecule has 0 amide bonds. The van der Waals surface area contributed by atoms with Gasteiger partial charge in [-0.05, 0) is 31.4 Å². The molecule has 2 aliphatic rings. The zero-order valence-electron chi connectivity index (χ0n) is 9.93. The van der Waals surface area contributed by atoms with Crippen LogP contribution in [-0.2, 0) is 19.0 Å². The van der Waals surface area contributed by atoms with Gasteiger partial charge in [0.1, 0.15) is 6.10 Å². The van der Waals surface area contributed by atoms with Gasteiger partial charge in [0, 0.05) is 20.0 Å². The first-order valence-electron chi connectivity index (χ1n) is 5.96. The Bertz CT molecular complexity index is 308. The molecule has 1 unspecified atom stereocenters. The molecule has 2 rings (SSSR count). The predicted octanol–water partition coefficient (Wildman–Crippen LogP) is 1.11. The molecule has 0 aromatic heterocycles. The summed E-state index contributed by atoms with van der Waals surface area (Å²) in [6, 6.07) is 0. The van der Waals surface area contributed by atoms with E-state index in [2.05, 4.69) is 0 Å². The van der Waals surface area contributed by atoms with Crippen molar-refractivity contribution < 1.29 is 24.1 Å². The monoisotopic (exact) mass is 242 g/mol. The highest BCUT2D eigenvalue weighted by Gasteiger charge is 2.37. The van der Waals surface area contributed by atoms with Crippen LogP contribution in [0.2, 0.25) is 0 Å². The minimum absolute atomic E-state index is 0.229. The number of hydrogen-bond donors (Lipinski definition) is 1. The Morgan fingerprint density at radius 1 is 1.53 bits per heavy atom. The van der Waals surface area contributed by atoms with Crippen molar-refractivity contribution >= 4 is 5.97 Å². The van der Waals surface area contributed by atoms with E-state index < -0.39 is 11.9 Å². The molecule has 0 bridgehead atoms. The maximum absolute atomic E-state index is 10.8. The lowest BCUT2D eigenvalue weighted by Gasteiger charge is -2.30. The number of carbonyl (C=O) groups excluding carboxylic acids is 1. The molecule has 0 spiro atoms. The zero-order valence-corrected chi connectivity index (χ0v) is 9.93. The first kappa shape index (κ1) is 12.5. The lowest BCUT2D eigenvalue weighted by atomic mass is 10.2. The summed E-state index contributed by atoms with van der Waals surface area (Å²) in [5.74, 6) is -1.74. The van der Waals surface area contributed by atoms with E-state index in [1.54, 1.807) is 6.08 Å². The average Bonchev–Trinajstić information content (AvgIpc) is 2.60. The third-order valence-corrected chi connectivity index (χ3v) is 2.86. The van der Waals surface area contributed by atoms with Crippen LogP contribution < -0.4 is 0 Å². The van der Waals surface area contributed by atoms with Crippen LogP contribution in [0.4, 0.5) is 0 Å². The van der Waals surface area contributed by atoms with E-state index in [4.69, 9.17) is 14.2 Å². The van der Waals surface area contributed by atoms with Crippen molar-refractivity contribution in [3.8, 4) is 0 Å². The minimum Gasteiger partial charge on any atom is -0.458 e. The van der Waals surface area contributed by atoms with E-state index in [-0.39, 0.29) is 18.7 Å². The summed E-state index contributed by atoms with van der Waals surface area (Å²) in [6.45, 7) is 2.01. The molecule has 5 nitrogen and oxygen atoms in total. The van der Waals surface area contributed by atoms with Gasteiger partial charge < -0.3 is 19.3 Å². The smallest absolute Gasteiger partial charge is 0.303 e. The molecule has 1 N–H and O–H groups in total. The molecule has 0 aromatic rings. The highest BCUT2D eigenvalue weighted by molar-refractivity contribution is 5.66. The van der Waals surface area contributed by atoms with Gasteiger partial charge in [-0.2, -0.15) is 0 Å². The largest absolute Gasteiger partial charge is 0.458 e. The van der Waals surface area contributed by atoms with Crippen molar-refractivity contribution in [1.29, 1.82) is 0 Å². The van der Waals surface area contributed by atoms with Gasteiger partial charge in [0.25, 0.3) is 0 Å². The van der Waals surface area contributed by atoms with E-state index in [1.807, 2.05) is 0 Å². The molecule has 17 heavy (non-hydrogen) atoms. The van der Waals surface area contributed by atoms with Crippen LogP contribution in [0.3, 0.4) is 0 Å². The zero-order chi connectivity index (χ0) is 12.3. The van der Waals surface area contributed by atoms with Gasteiger partial charge in [-0.3, -0.25) is 4.79 Å². The first-order chi connectivity index (χ1) is 8.07. The topological polar surface area (TPSA) is 65.0 Å². The lowest BCUT2D eigenvalue weighted by molar-refractivity contribution is -0.280. The summed E-state index contributed by atoms with van der Waals surface area (Å²) in [4.78, 5) is 10.8. The summed E-state index contributed by atoms with van der Waals surface area (Å²) in [5, 5.41) is 10.1. The van der Waals surface area contributed by atoms with E-state index in [0.29, 0.717) is 6.61 Å². The normalized spacial score (nSPS) is 37.1. The van der Waals surface area contributed by atoms with E-state index in [9.17, 15) is 9.90 Å². The van der Waals surface area contributed by atoms with Crippen LogP contribution in [-0.4, -0.2) is 35.9 Å². The van der Waals surface area contributed by atoms with E-state index >= 15 is 0 Å². The third kappa shape index (κ3) is 3.52. The fourth-order valence-electron chi connectivity index (χ4n) is 2.10. The number of carbonyl (C=O) groups is 1. The fourth-order valence-corrected chi connectivity index (χ4v) is 2.10. The minimum atomic E-state index is -1.37. The van der Waals surface area contributed by atoms with Crippen molar-refractivity contribution in [1.82, 2.24) is 0 Å². The lowest BCUT2D eigenvalue weighted by Crippen LogP contribution is -2.37. The molecule has 0 radical (unpaired) electrons. The molecule has 1 aliphatic heterocycles. The number of hydrogen-bond acceptors (Lipinski definition) is 5. The van der Waals surface area contributed by atoms with Crippen molar-refractivity contribution in [2.75, 3.05) is 6.61 Å². The van der Waals surface area contributed by atoms with Crippen molar-refractivity contribution in [2.45, 2.75) is 50.8 Å². The Kier molecular flexibility index (Phi) is 3.81. The van der Waals surface area contributed by atoms with Gasteiger partial charge in [0.2, 0.25) is 0 Å². The number of rotatable bonds is 3. The fraction of sp³-hybridized carbons (Fsp3) is 0.750. The van der Waals surface area contributed by atoms with Crippen LogP contribution in [0, 0.1) is 0 Å². The van der Waals surface area contributed by atoms with Gasteiger partial charge in [-0.25, -0.2) is 0 Å². The van der Waals surface area contributed by atoms with E-state index in [1.165, 1.54) is 13.0 Å². The Balaban J connectivity index is 1.84. The maximum Gasteiger partial charge on any atom is 0.303 e. The summed E-state index contributed by atoms with van der Waals surface area (Å²) in [6.07, 6.45) is 5.47. The number of aliphatic hydroxyl groups is 1. The molecule has 0 saturated carbocycles. The second-order valence-corrected chi connectivity index (χ2v) is 4.47. The van der Waals surface area contributed by atoms with Gasteiger partial charge in [-0.1, -0.05) is 0 Å². The molecule has 0 aromatic carbocycles. The van der Waals surface area contributed by atoms with Gasteiger partial charge in [0.05, 0.1) is 0 Å². The van der Waals surface area contributed by atoms with Crippen molar-refractivity contribution in [3.63, 3.8) is 0 Å². The Hall–Kier alpha value is -0.910.